The lowest BCUT2D eigenvalue weighted by molar-refractivity contribution is 0.0696. The number of carboxylic acids is 1. The topological polar surface area (TPSA) is 98.8 Å². The molecule has 1 aliphatic carbocycles. The fraction of sp³-hybridized carbons (Fsp3) is 0.522. The second-order valence-electron chi connectivity index (χ2n) is 8.88. The van der Waals surface area contributed by atoms with Crippen LogP contribution < -0.4 is 10.5 Å². The van der Waals surface area contributed by atoms with Gasteiger partial charge in [-0.3, -0.25) is 14.7 Å². The Bertz CT molecular complexity index is 1040. The number of anilines is 1. The number of rotatable bonds is 4. The standard InChI is InChI=1S/C23H28N4O4/c28-20-18-4-5-23(19(18)24-22(25-20)27-10-12-31-13-11-27)6-8-26(9-7-23)15-16-2-1-3-17(14-16)21(29)30/h1-3,14H,4-13,15H2,(H,29,30)(H,24,25,28). The minimum absolute atomic E-state index is 0.0104. The van der Waals surface area contributed by atoms with Crippen LogP contribution in [0.3, 0.4) is 0 Å². The molecule has 0 saturated carbocycles. The van der Waals surface area contributed by atoms with E-state index >= 15 is 0 Å². The number of morpholine rings is 1. The first-order valence-corrected chi connectivity index (χ1v) is 11.1. The lowest BCUT2D eigenvalue weighted by atomic mass is 9.76. The number of carboxylic acid groups (broad SMARTS) is 1. The molecule has 0 amide bonds. The van der Waals surface area contributed by atoms with Crippen molar-refractivity contribution < 1.29 is 14.6 Å². The van der Waals surface area contributed by atoms with Gasteiger partial charge < -0.3 is 14.7 Å². The Labute approximate surface area is 180 Å². The van der Waals surface area contributed by atoms with Crippen molar-refractivity contribution in [3.63, 3.8) is 0 Å². The Morgan fingerprint density at radius 2 is 1.94 bits per heavy atom. The lowest BCUT2D eigenvalue weighted by Crippen LogP contribution is -2.43. The van der Waals surface area contributed by atoms with E-state index in [0.717, 1.165) is 75.2 Å². The number of benzene rings is 1. The van der Waals surface area contributed by atoms with Crippen LogP contribution in [0.4, 0.5) is 5.95 Å². The number of likely N-dealkylation sites (tertiary alicyclic amines) is 1. The first kappa shape index (κ1) is 20.2. The molecule has 1 aromatic carbocycles. The van der Waals surface area contributed by atoms with Crippen molar-refractivity contribution >= 4 is 11.9 Å². The van der Waals surface area contributed by atoms with E-state index in [-0.39, 0.29) is 11.0 Å². The first-order chi connectivity index (χ1) is 15.0. The maximum Gasteiger partial charge on any atom is 0.335 e. The molecule has 2 N–H and O–H groups in total. The summed E-state index contributed by atoms with van der Waals surface area (Å²) in [4.78, 5) is 36.5. The van der Waals surface area contributed by atoms with Gasteiger partial charge in [0.25, 0.3) is 5.56 Å². The number of aromatic nitrogens is 2. The zero-order chi connectivity index (χ0) is 21.4. The molecule has 3 aliphatic rings. The number of aromatic amines is 1. The molecule has 2 aliphatic heterocycles. The molecule has 8 nitrogen and oxygen atoms in total. The molecule has 1 spiro atoms. The third-order valence-corrected chi connectivity index (χ3v) is 7.06. The molecule has 0 unspecified atom stereocenters. The SMILES string of the molecule is O=C(O)c1cccc(CN2CCC3(CCc4c3nc(N3CCOCC3)[nH]c4=O)CC2)c1. The number of nitrogens with one attached hydrogen (secondary N) is 1. The molecule has 164 valence electrons. The van der Waals surface area contributed by atoms with Crippen molar-refractivity contribution in [3.05, 3.63) is 57.0 Å². The number of hydrogen-bond acceptors (Lipinski definition) is 6. The molecule has 0 radical (unpaired) electrons. The predicted octanol–water partition coefficient (Wildman–Crippen LogP) is 1.78. The zero-order valence-corrected chi connectivity index (χ0v) is 17.6. The molecule has 31 heavy (non-hydrogen) atoms. The molecule has 3 heterocycles. The molecule has 2 fully saturated rings. The lowest BCUT2D eigenvalue weighted by Gasteiger charge is -2.39. The number of hydrogen-bond donors (Lipinski definition) is 2. The molecular weight excluding hydrogens is 396 g/mol. The molecular formula is C23H28N4O4. The summed E-state index contributed by atoms with van der Waals surface area (Å²) < 4.78 is 5.44. The van der Waals surface area contributed by atoms with Crippen LogP contribution in [0.25, 0.3) is 0 Å². The highest BCUT2D eigenvalue weighted by atomic mass is 16.5. The van der Waals surface area contributed by atoms with Gasteiger partial charge in [0.2, 0.25) is 5.95 Å². The van der Waals surface area contributed by atoms with E-state index in [1.54, 1.807) is 18.2 Å². The van der Waals surface area contributed by atoms with E-state index in [9.17, 15) is 14.7 Å². The zero-order valence-electron chi connectivity index (χ0n) is 17.6. The Morgan fingerprint density at radius 1 is 1.16 bits per heavy atom. The van der Waals surface area contributed by atoms with Gasteiger partial charge in [-0.15, -0.1) is 0 Å². The predicted molar refractivity (Wildman–Crippen MR) is 116 cm³/mol. The number of carbonyl (C=O) groups is 1. The van der Waals surface area contributed by atoms with Gasteiger partial charge >= 0.3 is 5.97 Å². The minimum atomic E-state index is -0.894. The van der Waals surface area contributed by atoms with Gasteiger partial charge in [0.05, 0.1) is 24.5 Å². The normalized spacial score (nSPS) is 20.7. The van der Waals surface area contributed by atoms with Crippen LogP contribution in [0.2, 0.25) is 0 Å². The van der Waals surface area contributed by atoms with Crippen LogP contribution in [0.15, 0.2) is 29.1 Å². The highest BCUT2D eigenvalue weighted by Crippen LogP contribution is 2.44. The van der Waals surface area contributed by atoms with Crippen LogP contribution in [0.5, 0.6) is 0 Å². The van der Waals surface area contributed by atoms with Crippen molar-refractivity contribution in [3.8, 4) is 0 Å². The van der Waals surface area contributed by atoms with Crippen LogP contribution in [0.1, 0.15) is 46.4 Å². The monoisotopic (exact) mass is 424 g/mol. The fourth-order valence-electron chi connectivity index (χ4n) is 5.25. The molecule has 0 atom stereocenters. The summed E-state index contributed by atoms with van der Waals surface area (Å²) in [5.41, 5.74) is 3.20. The van der Waals surface area contributed by atoms with Gasteiger partial charge in [0, 0.05) is 30.6 Å². The Kier molecular flexibility index (Phi) is 5.27. The van der Waals surface area contributed by atoms with E-state index in [1.165, 1.54) is 0 Å². The number of fused-ring (bicyclic) bond motifs is 2. The average Bonchev–Trinajstić information content (AvgIpc) is 3.15. The van der Waals surface area contributed by atoms with Crippen molar-refractivity contribution in [1.29, 1.82) is 0 Å². The van der Waals surface area contributed by atoms with Crippen molar-refractivity contribution in [1.82, 2.24) is 14.9 Å². The smallest absolute Gasteiger partial charge is 0.335 e. The van der Waals surface area contributed by atoms with Crippen LogP contribution >= 0.6 is 0 Å². The number of ether oxygens (including phenoxy) is 1. The Hall–Kier alpha value is -2.71. The van der Waals surface area contributed by atoms with E-state index < -0.39 is 5.97 Å². The summed E-state index contributed by atoms with van der Waals surface area (Å²) >= 11 is 0. The molecule has 8 heteroatoms. The Balaban J connectivity index is 1.32. The van der Waals surface area contributed by atoms with E-state index in [4.69, 9.17) is 9.72 Å². The number of nitrogens with zero attached hydrogens (tertiary/aromatic N) is 3. The second-order valence-corrected chi connectivity index (χ2v) is 8.88. The maximum absolute atomic E-state index is 12.8. The third-order valence-electron chi connectivity index (χ3n) is 7.06. The average molecular weight is 425 g/mol. The van der Waals surface area contributed by atoms with Gasteiger partial charge in [-0.1, -0.05) is 12.1 Å². The van der Waals surface area contributed by atoms with Crippen molar-refractivity contribution in [2.45, 2.75) is 37.6 Å². The minimum Gasteiger partial charge on any atom is -0.478 e. The van der Waals surface area contributed by atoms with E-state index in [2.05, 4.69) is 14.8 Å². The molecule has 2 saturated heterocycles. The summed E-state index contributed by atoms with van der Waals surface area (Å²) in [7, 11) is 0. The number of H-pyrrole nitrogens is 1. The quantitative estimate of drug-likeness (QED) is 0.772. The summed E-state index contributed by atoms with van der Waals surface area (Å²) in [6, 6.07) is 7.17. The van der Waals surface area contributed by atoms with Gasteiger partial charge in [-0.25, -0.2) is 9.78 Å². The van der Waals surface area contributed by atoms with Gasteiger partial charge in [0.1, 0.15) is 0 Å². The number of piperidine rings is 1. The van der Waals surface area contributed by atoms with Gasteiger partial charge in [-0.2, -0.15) is 0 Å². The van der Waals surface area contributed by atoms with E-state index in [1.807, 2.05) is 6.07 Å². The fourth-order valence-corrected chi connectivity index (χ4v) is 5.25. The van der Waals surface area contributed by atoms with E-state index in [0.29, 0.717) is 24.7 Å². The molecule has 0 bridgehead atoms. The van der Waals surface area contributed by atoms with Crippen LogP contribution in [-0.4, -0.2) is 65.3 Å². The molecule has 2 aromatic rings. The second kappa shape index (κ2) is 8.09. The summed E-state index contributed by atoms with van der Waals surface area (Å²) in [6.07, 6.45) is 3.71. The van der Waals surface area contributed by atoms with Gasteiger partial charge in [-0.05, 0) is 56.5 Å². The van der Waals surface area contributed by atoms with Crippen LogP contribution in [0, 0.1) is 0 Å². The summed E-state index contributed by atoms with van der Waals surface area (Å²) in [5, 5.41) is 9.23. The molecule has 5 rings (SSSR count). The van der Waals surface area contributed by atoms with Crippen molar-refractivity contribution in [2.75, 3.05) is 44.3 Å². The summed E-state index contributed by atoms with van der Waals surface area (Å²) in [6.45, 7) is 5.38. The van der Waals surface area contributed by atoms with Gasteiger partial charge in [0.15, 0.2) is 0 Å². The molecule has 1 aromatic heterocycles. The summed E-state index contributed by atoms with van der Waals surface area (Å²) in [5.74, 6) is -0.212. The van der Waals surface area contributed by atoms with Crippen LogP contribution in [-0.2, 0) is 23.1 Å². The van der Waals surface area contributed by atoms with Crippen molar-refractivity contribution in [2.24, 2.45) is 0 Å². The highest BCUT2D eigenvalue weighted by molar-refractivity contribution is 5.87. The number of aromatic carboxylic acids is 1. The third kappa shape index (κ3) is 3.85. The highest BCUT2D eigenvalue weighted by Gasteiger charge is 2.44. The largest absolute Gasteiger partial charge is 0.478 e. The first-order valence-electron chi connectivity index (χ1n) is 11.1. The Morgan fingerprint density at radius 3 is 2.68 bits per heavy atom. The maximum atomic E-state index is 12.8.